The van der Waals surface area contributed by atoms with Crippen molar-refractivity contribution < 1.29 is 9.90 Å². The number of pyridine rings is 1. The monoisotopic (exact) mass is 549 g/mol. The molecule has 2 aliphatic rings. The number of phenols is 1. The van der Waals surface area contributed by atoms with Gasteiger partial charge in [0.2, 0.25) is 5.91 Å². The van der Waals surface area contributed by atoms with Gasteiger partial charge in [-0.3, -0.25) is 9.78 Å². The van der Waals surface area contributed by atoms with E-state index in [0.29, 0.717) is 5.69 Å². The predicted octanol–water partition coefficient (Wildman–Crippen LogP) is 6.71. The second kappa shape index (κ2) is 14.4. The third kappa shape index (κ3) is 7.51. The van der Waals surface area contributed by atoms with Crippen molar-refractivity contribution in [3.63, 3.8) is 0 Å². The summed E-state index contributed by atoms with van der Waals surface area (Å²) in [6, 6.07) is 5.79. The summed E-state index contributed by atoms with van der Waals surface area (Å²) in [7, 11) is 0. The third-order valence-corrected chi connectivity index (χ3v) is 5.96. The van der Waals surface area contributed by atoms with Crippen molar-refractivity contribution in [3.8, 4) is 5.75 Å². The van der Waals surface area contributed by atoms with Crippen molar-refractivity contribution in [2.45, 2.75) is 60.3 Å². The number of nitrogens with zero attached hydrogens (tertiary/aromatic N) is 2. The normalized spacial score (nSPS) is 14.2. The van der Waals surface area contributed by atoms with Crippen LogP contribution in [0.15, 0.2) is 34.4 Å². The fraction of sp³-hybridized carbons (Fsp3) is 0.481. The highest BCUT2D eigenvalue weighted by Gasteiger charge is 2.26. The molecule has 0 radical (unpaired) electrons. The minimum absolute atomic E-state index is 0. The third-order valence-electron chi connectivity index (χ3n) is 5.52. The number of anilines is 1. The molecule has 0 spiro atoms. The standard InChI is InChI=1S/C21H22BrN3O2.C3H8.C2H6S.CH4/c1-12(26)25-6-4-13(5-7-25)20-17-10-18(23)19(27)9-14(17)2-3-15-8-16(22)11-24-21(15)20;2*1-3-2;/h8-11,27H,2-7,23H2,1H3;3H2,1-2H3;1-2H3;1H4. The fourth-order valence-corrected chi connectivity index (χ4v) is 4.46. The van der Waals surface area contributed by atoms with Gasteiger partial charge in [-0.1, -0.05) is 33.3 Å². The quantitative estimate of drug-likeness (QED) is 0.282. The molecule has 2 heterocycles. The van der Waals surface area contributed by atoms with Crippen LogP contribution in [0.2, 0.25) is 0 Å². The molecule has 188 valence electrons. The van der Waals surface area contributed by atoms with Crippen LogP contribution in [0.5, 0.6) is 5.75 Å². The molecule has 0 bridgehead atoms. The maximum absolute atomic E-state index is 11.7. The van der Waals surface area contributed by atoms with Gasteiger partial charge in [-0.05, 0) is 89.0 Å². The molecule has 1 aliphatic heterocycles. The lowest BCUT2D eigenvalue weighted by Gasteiger charge is -2.29. The molecule has 1 saturated heterocycles. The number of carbonyl (C=O) groups excluding carboxylic acids is 1. The van der Waals surface area contributed by atoms with Gasteiger partial charge in [0.05, 0.1) is 11.4 Å². The highest BCUT2D eigenvalue weighted by molar-refractivity contribution is 9.10. The lowest BCUT2D eigenvalue weighted by molar-refractivity contribution is -0.129. The number of aromatic hydroxyl groups is 1. The van der Waals surface area contributed by atoms with E-state index in [-0.39, 0.29) is 19.1 Å². The lowest BCUT2D eigenvalue weighted by atomic mass is 9.88. The van der Waals surface area contributed by atoms with Gasteiger partial charge in [-0.25, -0.2) is 0 Å². The Morgan fingerprint density at radius 2 is 1.68 bits per heavy atom. The number of amides is 1. The Morgan fingerprint density at radius 3 is 2.24 bits per heavy atom. The average Bonchev–Trinajstić information content (AvgIpc) is 2.92. The largest absolute Gasteiger partial charge is 0.506 e. The molecule has 34 heavy (non-hydrogen) atoms. The SMILES string of the molecule is C.CC(=O)N1CCC(=C2c3cc(N)c(O)cc3CCc3cc(Br)cnc32)CC1.CCC.CSC. The van der Waals surface area contributed by atoms with Crippen LogP contribution in [0.25, 0.3) is 5.57 Å². The Morgan fingerprint density at radius 1 is 1.12 bits per heavy atom. The molecule has 2 aromatic rings. The fourth-order valence-electron chi connectivity index (χ4n) is 4.08. The van der Waals surface area contributed by atoms with E-state index in [1.165, 1.54) is 17.6 Å². The minimum Gasteiger partial charge on any atom is -0.506 e. The zero-order chi connectivity index (χ0) is 24.5. The maximum atomic E-state index is 11.7. The molecule has 7 heteroatoms. The number of piperidine rings is 1. The Kier molecular flexibility index (Phi) is 12.7. The summed E-state index contributed by atoms with van der Waals surface area (Å²) < 4.78 is 0.963. The summed E-state index contributed by atoms with van der Waals surface area (Å²) in [4.78, 5) is 18.3. The van der Waals surface area contributed by atoms with E-state index >= 15 is 0 Å². The van der Waals surface area contributed by atoms with Crippen LogP contribution in [-0.4, -0.2) is 46.5 Å². The smallest absolute Gasteiger partial charge is 0.219 e. The van der Waals surface area contributed by atoms with E-state index in [9.17, 15) is 9.90 Å². The highest BCUT2D eigenvalue weighted by Crippen LogP contribution is 2.40. The number of likely N-dealkylation sites (tertiary alicyclic amines) is 1. The molecular weight excluding hydrogens is 510 g/mol. The van der Waals surface area contributed by atoms with E-state index in [0.717, 1.165) is 65.6 Å². The number of nitrogens with two attached hydrogens (primary N) is 1. The first-order chi connectivity index (χ1) is 15.8. The molecule has 0 unspecified atom stereocenters. The molecule has 1 aromatic heterocycles. The number of carbonyl (C=O) groups is 1. The molecule has 0 atom stereocenters. The van der Waals surface area contributed by atoms with Gasteiger partial charge in [0.15, 0.2) is 0 Å². The number of halogens is 1. The summed E-state index contributed by atoms with van der Waals surface area (Å²) in [5, 5.41) is 10.1. The lowest BCUT2D eigenvalue weighted by Crippen LogP contribution is -2.34. The first kappa shape index (κ1) is 30.0. The van der Waals surface area contributed by atoms with Crippen LogP contribution < -0.4 is 5.73 Å². The number of rotatable bonds is 0. The molecule has 3 N–H and O–H groups in total. The average molecular weight is 551 g/mol. The molecule has 1 fully saturated rings. The van der Waals surface area contributed by atoms with Gasteiger partial charge in [0.25, 0.3) is 0 Å². The van der Waals surface area contributed by atoms with Crippen LogP contribution >= 0.6 is 27.7 Å². The number of fused-ring (bicyclic) bond motifs is 2. The summed E-state index contributed by atoms with van der Waals surface area (Å²) >= 11 is 5.28. The van der Waals surface area contributed by atoms with Crippen LogP contribution in [0.3, 0.4) is 0 Å². The summed E-state index contributed by atoms with van der Waals surface area (Å²) in [6.45, 7) is 7.32. The van der Waals surface area contributed by atoms with Crippen molar-refractivity contribution in [3.05, 3.63) is 56.8 Å². The zero-order valence-corrected chi connectivity index (χ0v) is 22.8. The van der Waals surface area contributed by atoms with Gasteiger partial charge < -0.3 is 15.7 Å². The first-order valence-corrected chi connectivity index (χ1v) is 13.8. The number of nitrogen functional groups attached to an aromatic ring is 1. The summed E-state index contributed by atoms with van der Waals surface area (Å²) in [6.07, 6.45) is 10.5. The van der Waals surface area contributed by atoms with Crippen LogP contribution in [0, 0.1) is 0 Å². The Labute approximate surface area is 218 Å². The number of thioether (sulfide) groups is 1. The number of benzene rings is 1. The van der Waals surface area contributed by atoms with Crippen molar-refractivity contribution in [2.75, 3.05) is 31.3 Å². The summed E-state index contributed by atoms with van der Waals surface area (Å²) in [5.41, 5.74) is 13.2. The molecule has 4 rings (SSSR count). The number of hydrogen-bond donors (Lipinski definition) is 2. The van der Waals surface area contributed by atoms with Gasteiger partial charge in [-0.15, -0.1) is 0 Å². The van der Waals surface area contributed by atoms with Crippen LogP contribution in [0.4, 0.5) is 5.69 Å². The van der Waals surface area contributed by atoms with E-state index in [1.807, 2.05) is 29.7 Å². The summed E-state index contributed by atoms with van der Waals surface area (Å²) in [5.74, 6) is 0.251. The van der Waals surface area contributed by atoms with E-state index in [4.69, 9.17) is 10.7 Å². The van der Waals surface area contributed by atoms with Gasteiger partial charge in [0, 0.05) is 36.3 Å². The van der Waals surface area contributed by atoms with Crippen LogP contribution in [0.1, 0.15) is 69.8 Å². The zero-order valence-electron chi connectivity index (χ0n) is 20.4. The van der Waals surface area contributed by atoms with Gasteiger partial charge in [0.1, 0.15) is 5.75 Å². The Bertz CT molecular complexity index is 996. The Hall–Kier alpha value is -1.99. The molecule has 1 aliphatic carbocycles. The van der Waals surface area contributed by atoms with E-state index in [2.05, 4.69) is 35.8 Å². The van der Waals surface area contributed by atoms with Crippen molar-refractivity contribution >= 4 is 44.9 Å². The van der Waals surface area contributed by atoms with Crippen molar-refractivity contribution in [2.24, 2.45) is 0 Å². The first-order valence-electron chi connectivity index (χ1n) is 11.4. The highest BCUT2D eigenvalue weighted by atomic mass is 79.9. The number of aryl methyl sites for hydroxylation is 2. The maximum Gasteiger partial charge on any atom is 0.219 e. The molecule has 1 aromatic carbocycles. The molecule has 0 saturated carbocycles. The van der Waals surface area contributed by atoms with Crippen LogP contribution in [-0.2, 0) is 17.6 Å². The van der Waals surface area contributed by atoms with Gasteiger partial charge >= 0.3 is 0 Å². The molecular formula is C27H40BrN3O2S. The van der Waals surface area contributed by atoms with Crippen molar-refractivity contribution in [1.82, 2.24) is 9.88 Å². The second-order valence-corrected chi connectivity index (χ2v) is 10.1. The van der Waals surface area contributed by atoms with Gasteiger partial charge in [-0.2, -0.15) is 11.8 Å². The molecule has 1 amide bonds. The van der Waals surface area contributed by atoms with E-state index < -0.39 is 0 Å². The number of aromatic nitrogens is 1. The molecule has 5 nitrogen and oxygen atoms in total. The van der Waals surface area contributed by atoms with E-state index in [1.54, 1.807) is 24.8 Å². The number of hydrogen-bond acceptors (Lipinski definition) is 5. The topological polar surface area (TPSA) is 79.5 Å². The second-order valence-electron chi connectivity index (χ2n) is 8.33. The van der Waals surface area contributed by atoms with Crippen molar-refractivity contribution in [1.29, 1.82) is 0 Å². The minimum atomic E-state index is 0. The Balaban J connectivity index is 0.000000751. The number of phenolic OH excluding ortho intramolecular Hbond substituents is 1. The predicted molar refractivity (Wildman–Crippen MR) is 152 cm³/mol.